The Kier molecular flexibility index (Phi) is 3.16. The Labute approximate surface area is 175 Å². The summed E-state index contributed by atoms with van der Waals surface area (Å²) < 4.78 is 6.74. The van der Waals surface area contributed by atoms with Crippen LogP contribution in [0.15, 0.2) is 12.2 Å². The van der Waals surface area contributed by atoms with E-state index in [0.29, 0.717) is 5.78 Å². The van der Waals surface area contributed by atoms with Crippen molar-refractivity contribution < 1.29 is 9.53 Å². The second kappa shape index (κ2) is 5.40. The van der Waals surface area contributed by atoms with Crippen molar-refractivity contribution in [2.45, 2.75) is 89.3 Å². The summed E-state index contributed by atoms with van der Waals surface area (Å²) in [5, 5.41) is 0. The average molecular weight is 393 g/mol. The summed E-state index contributed by atoms with van der Waals surface area (Å²) in [5.41, 5.74) is 0.577. The molecule has 8 aliphatic carbocycles. The van der Waals surface area contributed by atoms with Crippen molar-refractivity contribution in [3.8, 4) is 0 Å². The topological polar surface area (TPSA) is 26.3 Å². The van der Waals surface area contributed by atoms with E-state index in [1.807, 2.05) is 0 Å². The van der Waals surface area contributed by atoms with Crippen molar-refractivity contribution in [1.29, 1.82) is 0 Å². The Hall–Kier alpha value is -0.630. The summed E-state index contributed by atoms with van der Waals surface area (Å²) in [4.78, 5) is 14.5. The number of hydrogen-bond donors (Lipinski definition) is 0. The van der Waals surface area contributed by atoms with Gasteiger partial charge in [-0.2, -0.15) is 0 Å². The van der Waals surface area contributed by atoms with Gasteiger partial charge in [-0.25, -0.2) is 0 Å². The van der Waals surface area contributed by atoms with E-state index in [4.69, 9.17) is 4.74 Å². The molecule has 8 saturated carbocycles. The van der Waals surface area contributed by atoms with Gasteiger partial charge in [0.05, 0.1) is 24.0 Å². The fourth-order valence-corrected chi connectivity index (χ4v) is 11.8. The summed E-state index contributed by atoms with van der Waals surface area (Å²) in [6.07, 6.45) is 21.7. The van der Waals surface area contributed by atoms with Crippen molar-refractivity contribution in [2.75, 3.05) is 0 Å². The summed E-state index contributed by atoms with van der Waals surface area (Å²) in [5.74, 6) is 6.52. The van der Waals surface area contributed by atoms with Crippen LogP contribution in [0.2, 0.25) is 0 Å². The Morgan fingerprint density at radius 1 is 0.586 bits per heavy atom. The molecule has 0 spiro atoms. The standard InChI is InChI=1S/C27H36O2/c28-25-23(26-9-15-3-16(10-26)5-17(4-15)11-26)21-1-2-22(29-21)24(25)27-12-18-6-19(13-27)8-20(7-18)14-27/h1-2,15-24H,3-14H2/t15?,16?,17?,18?,19?,20?,21-,22+,23-,24+,26?,27?. The van der Waals surface area contributed by atoms with Crippen LogP contribution in [-0.2, 0) is 9.53 Å². The molecule has 2 aliphatic heterocycles. The van der Waals surface area contributed by atoms with Crippen molar-refractivity contribution >= 4 is 5.78 Å². The second-order valence-corrected chi connectivity index (χ2v) is 13.4. The Bertz CT molecular complexity index is 660. The molecule has 29 heavy (non-hydrogen) atoms. The van der Waals surface area contributed by atoms with Crippen molar-refractivity contribution in [1.82, 2.24) is 0 Å². The third kappa shape index (κ3) is 2.16. The fourth-order valence-electron chi connectivity index (χ4n) is 11.8. The molecular formula is C27H36O2. The molecule has 10 rings (SSSR count). The third-order valence-electron chi connectivity index (χ3n) is 11.6. The largest absolute Gasteiger partial charge is 0.365 e. The number of carbonyl (C=O) groups excluding carboxylic acids is 1. The summed E-state index contributed by atoms with van der Waals surface area (Å²) in [7, 11) is 0. The molecule has 0 N–H and O–H groups in total. The molecule has 0 aromatic rings. The first-order chi connectivity index (χ1) is 14.1. The molecule has 1 saturated heterocycles. The maximum atomic E-state index is 14.5. The van der Waals surface area contributed by atoms with Gasteiger partial charge in [0, 0.05) is 0 Å². The molecule has 0 aromatic heterocycles. The van der Waals surface area contributed by atoms with Crippen LogP contribution in [0.5, 0.6) is 0 Å². The second-order valence-electron chi connectivity index (χ2n) is 13.4. The Morgan fingerprint density at radius 2 is 0.897 bits per heavy atom. The average Bonchev–Trinajstić information content (AvgIpc) is 3.02. The lowest BCUT2D eigenvalue weighted by atomic mass is 9.42. The zero-order valence-corrected chi connectivity index (χ0v) is 17.7. The number of ether oxygens (including phenoxy) is 1. The highest BCUT2D eigenvalue weighted by atomic mass is 16.5. The molecule has 10 bridgehead atoms. The lowest BCUT2D eigenvalue weighted by Gasteiger charge is -2.63. The molecule has 2 heteroatoms. The van der Waals surface area contributed by atoms with Gasteiger partial charge < -0.3 is 4.74 Å². The first-order valence-electron chi connectivity index (χ1n) is 13.0. The smallest absolute Gasteiger partial charge is 0.146 e. The fraction of sp³-hybridized carbons (Fsp3) is 0.889. The van der Waals surface area contributed by atoms with Crippen LogP contribution in [0.4, 0.5) is 0 Å². The number of fused-ring (bicyclic) bond motifs is 2. The first kappa shape index (κ1) is 17.0. The van der Waals surface area contributed by atoms with E-state index in [0.717, 1.165) is 35.5 Å². The van der Waals surface area contributed by atoms with Gasteiger partial charge in [-0.3, -0.25) is 4.79 Å². The normalized spacial score (nSPS) is 63.7. The van der Waals surface area contributed by atoms with Gasteiger partial charge >= 0.3 is 0 Å². The van der Waals surface area contributed by atoms with Crippen molar-refractivity contribution in [3.63, 3.8) is 0 Å². The highest BCUT2D eigenvalue weighted by Crippen LogP contribution is 2.68. The maximum absolute atomic E-state index is 14.5. The number of hydrogen-bond acceptors (Lipinski definition) is 2. The molecule has 0 aromatic carbocycles. The highest BCUT2D eigenvalue weighted by molar-refractivity contribution is 5.88. The molecule has 0 amide bonds. The lowest BCUT2D eigenvalue weighted by Crippen LogP contribution is -2.62. The highest BCUT2D eigenvalue weighted by Gasteiger charge is 2.65. The summed E-state index contributed by atoms with van der Waals surface area (Å²) in [6.45, 7) is 0. The number of carbonyl (C=O) groups is 1. The van der Waals surface area contributed by atoms with E-state index in [-0.39, 0.29) is 34.9 Å². The Morgan fingerprint density at radius 3 is 1.21 bits per heavy atom. The van der Waals surface area contributed by atoms with Gasteiger partial charge in [0.25, 0.3) is 0 Å². The zero-order chi connectivity index (χ0) is 19.0. The van der Waals surface area contributed by atoms with Gasteiger partial charge in [-0.1, -0.05) is 12.2 Å². The number of Topliss-reactive ketones (excluding diaryl/α,β-unsaturated/α-hetero) is 1. The number of rotatable bonds is 2. The predicted octanol–water partition coefficient (Wildman–Crippen LogP) is 5.56. The van der Waals surface area contributed by atoms with Crippen molar-refractivity contribution in [3.05, 3.63) is 12.2 Å². The molecular weight excluding hydrogens is 356 g/mol. The maximum Gasteiger partial charge on any atom is 0.146 e. The van der Waals surface area contributed by atoms with Gasteiger partial charge in [0.15, 0.2) is 0 Å². The Balaban J connectivity index is 1.20. The quantitative estimate of drug-likeness (QED) is 0.575. The van der Waals surface area contributed by atoms with Crippen LogP contribution < -0.4 is 0 Å². The first-order valence-corrected chi connectivity index (χ1v) is 13.0. The lowest BCUT2D eigenvalue weighted by molar-refractivity contribution is -0.196. The molecule has 2 nitrogen and oxygen atoms in total. The van der Waals surface area contributed by atoms with E-state index >= 15 is 0 Å². The minimum atomic E-state index is 0.105. The van der Waals surface area contributed by atoms with E-state index in [9.17, 15) is 4.79 Å². The summed E-state index contributed by atoms with van der Waals surface area (Å²) >= 11 is 0. The third-order valence-corrected chi connectivity index (χ3v) is 11.6. The van der Waals surface area contributed by atoms with Gasteiger partial charge in [0.2, 0.25) is 0 Å². The molecule has 9 fully saturated rings. The SMILES string of the molecule is O=C1[C@@H](C23CC4CC(CC(C4)C2)C3)[C@@H]2C=C[C@@H](O2)[C@H]1C12CC3CC(CC(C3)C1)C2. The van der Waals surface area contributed by atoms with Gasteiger partial charge in [0.1, 0.15) is 5.78 Å². The molecule has 10 aliphatic rings. The minimum Gasteiger partial charge on any atom is -0.365 e. The van der Waals surface area contributed by atoms with E-state index < -0.39 is 0 Å². The summed E-state index contributed by atoms with van der Waals surface area (Å²) in [6, 6.07) is 0. The molecule has 2 heterocycles. The molecule has 0 radical (unpaired) electrons. The minimum absolute atomic E-state index is 0.105. The van der Waals surface area contributed by atoms with Crippen LogP contribution >= 0.6 is 0 Å². The molecule has 156 valence electrons. The number of ketones is 1. The molecule has 0 unspecified atom stereocenters. The predicted molar refractivity (Wildman–Crippen MR) is 111 cm³/mol. The van der Waals surface area contributed by atoms with Crippen LogP contribution in [0.25, 0.3) is 0 Å². The van der Waals surface area contributed by atoms with Gasteiger partial charge in [-0.15, -0.1) is 0 Å². The van der Waals surface area contributed by atoms with Crippen LogP contribution in [0.1, 0.15) is 77.0 Å². The van der Waals surface area contributed by atoms with E-state index in [2.05, 4.69) is 12.2 Å². The van der Waals surface area contributed by atoms with E-state index in [1.165, 1.54) is 77.0 Å². The van der Waals surface area contributed by atoms with Crippen molar-refractivity contribution in [2.24, 2.45) is 58.2 Å². The monoisotopic (exact) mass is 392 g/mol. The van der Waals surface area contributed by atoms with Crippen LogP contribution in [0, 0.1) is 58.2 Å². The molecule has 4 atom stereocenters. The van der Waals surface area contributed by atoms with E-state index in [1.54, 1.807) is 0 Å². The van der Waals surface area contributed by atoms with Crippen LogP contribution in [0.3, 0.4) is 0 Å². The van der Waals surface area contributed by atoms with Crippen LogP contribution in [-0.4, -0.2) is 18.0 Å². The van der Waals surface area contributed by atoms with Gasteiger partial charge in [-0.05, 0) is 123 Å². The zero-order valence-electron chi connectivity index (χ0n) is 17.7.